The largest absolute Gasteiger partial charge is 0.309 e. The molecule has 0 N–H and O–H groups in total. The third kappa shape index (κ3) is 4.45. The molecule has 3 aromatic heterocycles. The molecule has 0 saturated heterocycles. The van der Waals surface area contributed by atoms with Gasteiger partial charge in [-0.1, -0.05) is 103 Å². The summed E-state index contributed by atoms with van der Waals surface area (Å²) in [6.45, 7) is 0. The van der Waals surface area contributed by atoms with E-state index in [1.807, 2.05) is 24.3 Å². The summed E-state index contributed by atoms with van der Waals surface area (Å²) < 4.78 is 6.83. The maximum atomic E-state index is 10.3. The summed E-state index contributed by atoms with van der Waals surface area (Å²) in [5.41, 5.74) is 12.2. The van der Waals surface area contributed by atoms with Gasteiger partial charge in [-0.3, -0.25) is 0 Å². The van der Waals surface area contributed by atoms with Crippen LogP contribution in [0, 0.1) is 22.7 Å². The summed E-state index contributed by atoms with van der Waals surface area (Å²) in [4.78, 5) is 0. The van der Waals surface area contributed by atoms with Gasteiger partial charge in [0.1, 0.15) is 12.1 Å². The van der Waals surface area contributed by atoms with Crippen molar-refractivity contribution < 1.29 is 0 Å². The molecule has 5 nitrogen and oxygen atoms in total. The third-order valence-corrected chi connectivity index (χ3v) is 11.1. The summed E-state index contributed by atoms with van der Waals surface area (Å²) >= 11 is 0. The first-order valence-corrected chi connectivity index (χ1v) is 18.3. The Kier molecular flexibility index (Phi) is 6.61. The van der Waals surface area contributed by atoms with Crippen molar-refractivity contribution in [1.29, 1.82) is 10.5 Å². The highest BCUT2D eigenvalue weighted by Crippen LogP contribution is 2.41. The van der Waals surface area contributed by atoms with Gasteiger partial charge in [0.2, 0.25) is 0 Å². The van der Waals surface area contributed by atoms with Crippen LogP contribution in [0.25, 0.3) is 93.6 Å². The van der Waals surface area contributed by atoms with E-state index >= 15 is 0 Å². The molecule has 5 heteroatoms. The first-order valence-electron chi connectivity index (χ1n) is 18.3. The van der Waals surface area contributed by atoms with Crippen LogP contribution in [0.2, 0.25) is 0 Å². The molecule has 0 spiro atoms. The van der Waals surface area contributed by atoms with Crippen molar-refractivity contribution in [2.24, 2.45) is 0 Å². The van der Waals surface area contributed by atoms with Gasteiger partial charge in [-0.15, -0.1) is 0 Å². The normalized spacial score (nSPS) is 11.6. The Morgan fingerprint density at radius 1 is 0.309 bits per heavy atom. The van der Waals surface area contributed by atoms with E-state index < -0.39 is 0 Å². The monoisotopic (exact) mass is 699 g/mol. The lowest BCUT2D eigenvalue weighted by Crippen LogP contribution is -2.05. The molecule has 254 valence electrons. The molecule has 0 fully saturated rings. The molecule has 0 radical (unpaired) electrons. The van der Waals surface area contributed by atoms with E-state index in [9.17, 15) is 10.5 Å². The summed E-state index contributed by atoms with van der Waals surface area (Å²) in [5, 5.41) is 27.5. The predicted octanol–water partition coefficient (Wildman–Crippen LogP) is 12.4. The van der Waals surface area contributed by atoms with Crippen LogP contribution in [0.4, 0.5) is 0 Å². The highest BCUT2D eigenvalue weighted by molar-refractivity contribution is 6.14. The van der Waals surface area contributed by atoms with Crippen LogP contribution < -0.4 is 0 Å². The lowest BCUT2D eigenvalue weighted by molar-refractivity contribution is 1.09. The maximum absolute atomic E-state index is 10.3. The van der Waals surface area contributed by atoms with Crippen molar-refractivity contribution in [2.75, 3.05) is 0 Å². The highest BCUT2D eigenvalue weighted by Gasteiger charge is 2.22. The molecule has 0 aliphatic rings. The topological polar surface area (TPSA) is 62.4 Å². The van der Waals surface area contributed by atoms with E-state index in [1.165, 1.54) is 21.8 Å². The third-order valence-electron chi connectivity index (χ3n) is 11.1. The number of para-hydroxylation sites is 5. The minimum absolute atomic E-state index is 0.340. The Hall–Kier alpha value is -7.86. The van der Waals surface area contributed by atoms with Crippen LogP contribution >= 0.6 is 0 Å². The average Bonchev–Trinajstić information content (AvgIpc) is 3.89. The van der Waals surface area contributed by atoms with Gasteiger partial charge in [-0.25, -0.2) is 0 Å². The molecule has 0 atom stereocenters. The number of hydrogen-bond acceptors (Lipinski definition) is 2. The summed E-state index contributed by atoms with van der Waals surface area (Å²) in [7, 11) is 0. The van der Waals surface area contributed by atoms with E-state index in [2.05, 4.69) is 177 Å². The second-order valence-electron chi connectivity index (χ2n) is 14.0. The molecule has 55 heavy (non-hydrogen) atoms. The lowest BCUT2D eigenvalue weighted by Gasteiger charge is -2.18. The maximum Gasteiger partial charge on any atom is 0.101 e. The van der Waals surface area contributed by atoms with Gasteiger partial charge in [-0.05, 0) is 83.9 Å². The first kappa shape index (κ1) is 30.7. The Morgan fingerprint density at radius 2 is 0.655 bits per heavy atom. The van der Waals surface area contributed by atoms with Crippen LogP contribution in [-0.2, 0) is 0 Å². The van der Waals surface area contributed by atoms with Gasteiger partial charge in [0.25, 0.3) is 0 Å². The van der Waals surface area contributed by atoms with Crippen LogP contribution in [0.1, 0.15) is 11.1 Å². The molecule has 0 amide bonds. The fourth-order valence-corrected chi connectivity index (χ4v) is 8.72. The minimum atomic E-state index is 0.340. The van der Waals surface area contributed by atoms with Crippen LogP contribution in [0.15, 0.2) is 176 Å². The Balaban J connectivity index is 1.17. The minimum Gasteiger partial charge on any atom is -0.309 e. The number of hydrogen-bond donors (Lipinski definition) is 0. The van der Waals surface area contributed by atoms with E-state index in [0.29, 0.717) is 11.1 Å². The molecule has 3 heterocycles. The second-order valence-corrected chi connectivity index (χ2v) is 14.0. The fourth-order valence-electron chi connectivity index (χ4n) is 8.72. The van der Waals surface area contributed by atoms with Gasteiger partial charge in [0.05, 0.1) is 55.6 Å². The molecular weight excluding hydrogens is 671 g/mol. The van der Waals surface area contributed by atoms with E-state index in [-0.39, 0.29) is 0 Å². The standard InChI is InChI=1S/C50H29N5/c51-30-34-28-49(54-44-19-9-4-14-37(44)38-15-5-10-20-45(38)54)50(29-35(34)31-52)55-46-21-11-7-17-40(46)42-27-33(23-25-48(42)55)32-22-24-47-41(26-32)39-16-6-8-18-43(39)53(47)36-12-2-1-3-13-36/h1-29H. The van der Waals surface area contributed by atoms with Crippen LogP contribution in [0.3, 0.4) is 0 Å². The zero-order valence-electron chi connectivity index (χ0n) is 29.5. The molecular formula is C50H29N5. The van der Waals surface area contributed by atoms with Gasteiger partial charge < -0.3 is 13.7 Å². The Morgan fingerprint density at radius 3 is 1.09 bits per heavy atom. The Labute approximate surface area is 316 Å². The first-order chi connectivity index (χ1) is 27.2. The van der Waals surface area contributed by atoms with Crippen molar-refractivity contribution in [1.82, 2.24) is 13.7 Å². The summed E-state index contributed by atoms with van der Waals surface area (Å²) in [6.07, 6.45) is 0. The molecule has 0 aliphatic carbocycles. The number of benzene rings is 8. The quantitative estimate of drug-likeness (QED) is 0.184. The fraction of sp³-hybridized carbons (Fsp3) is 0. The molecule has 11 rings (SSSR count). The molecule has 0 unspecified atom stereocenters. The van der Waals surface area contributed by atoms with Gasteiger partial charge in [-0.2, -0.15) is 10.5 Å². The van der Waals surface area contributed by atoms with E-state index in [1.54, 1.807) is 0 Å². The van der Waals surface area contributed by atoms with Crippen molar-refractivity contribution >= 4 is 65.4 Å². The number of rotatable bonds is 4. The summed E-state index contributed by atoms with van der Waals surface area (Å²) in [5.74, 6) is 0. The molecule has 11 aromatic rings. The van der Waals surface area contributed by atoms with Crippen molar-refractivity contribution in [3.63, 3.8) is 0 Å². The van der Waals surface area contributed by atoms with Gasteiger partial charge in [0, 0.05) is 38.0 Å². The number of aromatic nitrogens is 3. The zero-order valence-corrected chi connectivity index (χ0v) is 29.5. The van der Waals surface area contributed by atoms with Crippen molar-refractivity contribution in [2.45, 2.75) is 0 Å². The van der Waals surface area contributed by atoms with Crippen LogP contribution in [-0.4, -0.2) is 13.7 Å². The van der Waals surface area contributed by atoms with Crippen LogP contribution in [0.5, 0.6) is 0 Å². The SMILES string of the molecule is N#Cc1cc(-n2c3ccccc3c3ccccc32)c(-n2c3ccccc3c3cc(-c4ccc5c(c4)c4ccccc4n5-c4ccccc4)ccc32)cc1C#N. The lowest BCUT2D eigenvalue weighted by atomic mass is 10.0. The zero-order chi connectivity index (χ0) is 36.6. The van der Waals surface area contributed by atoms with Crippen molar-refractivity contribution in [3.8, 4) is 40.3 Å². The molecule has 0 saturated carbocycles. The number of fused-ring (bicyclic) bond motifs is 9. The molecule has 8 aromatic carbocycles. The highest BCUT2D eigenvalue weighted by atomic mass is 15.1. The second kappa shape index (κ2) is 11.8. The Bertz CT molecular complexity index is 3400. The average molecular weight is 700 g/mol. The number of nitrogens with zero attached hydrogens (tertiary/aromatic N) is 5. The predicted molar refractivity (Wildman–Crippen MR) is 224 cm³/mol. The molecule has 0 aliphatic heterocycles. The smallest absolute Gasteiger partial charge is 0.101 e. The van der Waals surface area contributed by atoms with E-state index in [4.69, 9.17) is 0 Å². The number of nitriles is 2. The molecule has 0 bridgehead atoms. The summed E-state index contributed by atoms with van der Waals surface area (Å²) in [6, 6.07) is 66.2. The van der Waals surface area contributed by atoms with E-state index in [0.717, 1.165) is 71.8 Å². The van der Waals surface area contributed by atoms with Gasteiger partial charge in [0.15, 0.2) is 0 Å². The van der Waals surface area contributed by atoms with Crippen molar-refractivity contribution in [3.05, 3.63) is 187 Å². The van der Waals surface area contributed by atoms with Gasteiger partial charge >= 0.3 is 0 Å².